The van der Waals surface area contributed by atoms with E-state index in [1.54, 1.807) is 18.2 Å². The summed E-state index contributed by atoms with van der Waals surface area (Å²) in [5.74, 6) is 0.948. The molecule has 128 valence electrons. The molecule has 25 heavy (non-hydrogen) atoms. The maximum absolute atomic E-state index is 6.17. The molecular weight excluding hydrogens is 381 g/mol. The highest BCUT2D eigenvalue weighted by atomic mass is 35.5. The summed E-state index contributed by atoms with van der Waals surface area (Å²) >= 11 is 18.2. The minimum Gasteiger partial charge on any atom is -0.393 e. The van der Waals surface area contributed by atoms with Crippen LogP contribution in [0.2, 0.25) is 15.1 Å². The van der Waals surface area contributed by atoms with Crippen LogP contribution < -0.4 is 16.4 Å². The molecule has 0 radical (unpaired) electrons. The molecule has 0 saturated heterocycles. The maximum atomic E-state index is 6.17. The molecule has 0 saturated carbocycles. The highest BCUT2D eigenvalue weighted by molar-refractivity contribution is 6.36. The lowest BCUT2D eigenvalue weighted by atomic mass is 10.2. The summed E-state index contributed by atoms with van der Waals surface area (Å²) in [6, 6.07) is 12.7. The van der Waals surface area contributed by atoms with Crippen molar-refractivity contribution in [1.82, 2.24) is 9.97 Å². The van der Waals surface area contributed by atoms with Crippen LogP contribution in [0.4, 0.5) is 23.0 Å². The predicted molar refractivity (Wildman–Crippen MR) is 105 cm³/mol. The van der Waals surface area contributed by atoms with Gasteiger partial charge in [0.2, 0.25) is 0 Å². The normalized spacial score (nSPS) is 10.5. The lowest BCUT2D eigenvalue weighted by Crippen LogP contribution is -2.08. The number of benzene rings is 2. The Morgan fingerprint density at radius 3 is 2.44 bits per heavy atom. The number of halogens is 3. The van der Waals surface area contributed by atoms with Gasteiger partial charge in [0.1, 0.15) is 12.0 Å². The van der Waals surface area contributed by atoms with Crippen LogP contribution >= 0.6 is 34.8 Å². The van der Waals surface area contributed by atoms with Gasteiger partial charge in [-0.1, -0.05) is 53.0 Å². The highest BCUT2D eigenvalue weighted by Crippen LogP contribution is 2.31. The first-order chi connectivity index (χ1) is 12.0. The Bertz CT molecular complexity index is 901. The molecule has 3 aromatic rings. The molecule has 5 nitrogen and oxygen atoms in total. The summed E-state index contributed by atoms with van der Waals surface area (Å²) < 4.78 is 0. The lowest BCUT2D eigenvalue weighted by Gasteiger charge is -2.14. The molecule has 0 atom stereocenters. The van der Waals surface area contributed by atoms with Gasteiger partial charge in [0.25, 0.3) is 0 Å². The number of nitrogens with zero attached hydrogens (tertiary/aromatic N) is 2. The monoisotopic (exact) mass is 393 g/mol. The molecule has 0 aliphatic heterocycles. The molecule has 4 N–H and O–H groups in total. The molecule has 1 heterocycles. The van der Waals surface area contributed by atoms with Gasteiger partial charge in [-0.15, -0.1) is 0 Å². The molecule has 3 rings (SSSR count). The minimum absolute atomic E-state index is 0.376. The zero-order chi connectivity index (χ0) is 17.8. The van der Waals surface area contributed by atoms with Crippen molar-refractivity contribution in [2.24, 2.45) is 0 Å². The van der Waals surface area contributed by atoms with Crippen molar-refractivity contribution in [3.05, 3.63) is 69.4 Å². The van der Waals surface area contributed by atoms with Gasteiger partial charge in [-0.3, -0.25) is 0 Å². The largest absolute Gasteiger partial charge is 0.393 e. The number of nitrogens with two attached hydrogens (primary N) is 1. The Kier molecular flexibility index (Phi) is 5.48. The van der Waals surface area contributed by atoms with Gasteiger partial charge in [0.15, 0.2) is 11.6 Å². The second-order valence-electron chi connectivity index (χ2n) is 5.18. The molecule has 2 aromatic carbocycles. The highest BCUT2D eigenvalue weighted by Gasteiger charge is 2.10. The molecule has 0 amide bonds. The standard InChI is InChI=1S/C17H14Cl3N5/c18-11-5-6-14(13(20)7-11)25-17-15(21)16(23-9-24-17)22-8-10-3-1-2-4-12(10)19/h1-7,9H,8,21H2,(H2,22,23,24,25). The molecular formula is C17H14Cl3N5. The van der Waals surface area contributed by atoms with Crippen molar-refractivity contribution in [1.29, 1.82) is 0 Å². The third-order valence-corrected chi connectivity index (χ3v) is 4.39. The summed E-state index contributed by atoms with van der Waals surface area (Å²) in [5, 5.41) is 7.94. The topological polar surface area (TPSA) is 75.9 Å². The van der Waals surface area contributed by atoms with Crippen molar-refractivity contribution >= 4 is 57.8 Å². The number of nitrogens with one attached hydrogen (secondary N) is 2. The number of rotatable bonds is 5. The first kappa shape index (κ1) is 17.6. The van der Waals surface area contributed by atoms with E-state index >= 15 is 0 Å². The van der Waals surface area contributed by atoms with Crippen LogP contribution in [-0.2, 0) is 6.54 Å². The number of nitrogen functional groups attached to an aromatic ring is 1. The van der Waals surface area contributed by atoms with Gasteiger partial charge in [-0.25, -0.2) is 9.97 Å². The lowest BCUT2D eigenvalue weighted by molar-refractivity contribution is 1.09. The van der Waals surface area contributed by atoms with Gasteiger partial charge < -0.3 is 16.4 Å². The quantitative estimate of drug-likeness (QED) is 0.542. The van der Waals surface area contributed by atoms with Crippen LogP contribution in [-0.4, -0.2) is 9.97 Å². The average Bonchev–Trinajstić information content (AvgIpc) is 2.59. The molecule has 1 aromatic heterocycles. The Labute approximate surface area is 160 Å². The van der Waals surface area contributed by atoms with Crippen molar-refractivity contribution in [2.45, 2.75) is 6.54 Å². The SMILES string of the molecule is Nc1c(NCc2ccccc2Cl)ncnc1Nc1ccc(Cl)cc1Cl. The first-order valence-corrected chi connectivity index (χ1v) is 8.48. The van der Waals surface area contributed by atoms with Gasteiger partial charge in [-0.2, -0.15) is 0 Å². The van der Waals surface area contributed by atoms with Gasteiger partial charge in [-0.05, 0) is 29.8 Å². The summed E-state index contributed by atoms with van der Waals surface area (Å²) in [6.45, 7) is 0.488. The van der Waals surface area contributed by atoms with Gasteiger partial charge >= 0.3 is 0 Å². The molecule has 0 unspecified atom stereocenters. The van der Waals surface area contributed by atoms with E-state index in [2.05, 4.69) is 20.6 Å². The smallest absolute Gasteiger partial charge is 0.159 e. The molecule has 0 spiro atoms. The summed E-state index contributed by atoms with van der Waals surface area (Å²) in [4.78, 5) is 8.34. The number of aromatic nitrogens is 2. The Morgan fingerprint density at radius 1 is 0.920 bits per heavy atom. The molecule has 0 bridgehead atoms. The summed E-state index contributed by atoms with van der Waals surface area (Å²) in [6.07, 6.45) is 1.41. The fraction of sp³-hybridized carbons (Fsp3) is 0.0588. The van der Waals surface area contributed by atoms with E-state index in [0.29, 0.717) is 44.6 Å². The van der Waals surface area contributed by atoms with E-state index in [4.69, 9.17) is 40.5 Å². The van der Waals surface area contributed by atoms with Crippen LogP contribution in [0.1, 0.15) is 5.56 Å². The second-order valence-corrected chi connectivity index (χ2v) is 6.43. The number of hydrogen-bond acceptors (Lipinski definition) is 5. The van der Waals surface area contributed by atoms with Gasteiger partial charge in [0.05, 0.1) is 10.7 Å². The molecule has 0 aliphatic carbocycles. The van der Waals surface area contributed by atoms with Crippen molar-refractivity contribution < 1.29 is 0 Å². The Balaban J connectivity index is 1.79. The zero-order valence-electron chi connectivity index (χ0n) is 12.9. The fourth-order valence-corrected chi connectivity index (χ4v) is 2.83. The van der Waals surface area contributed by atoms with E-state index in [-0.39, 0.29) is 0 Å². The predicted octanol–water partition coefficient (Wildman–Crippen LogP) is 5.37. The van der Waals surface area contributed by atoms with E-state index < -0.39 is 0 Å². The van der Waals surface area contributed by atoms with Crippen molar-refractivity contribution in [2.75, 3.05) is 16.4 Å². The van der Waals surface area contributed by atoms with E-state index in [1.807, 2.05) is 24.3 Å². The Morgan fingerprint density at radius 2 is 1.68 bits per heavy atom. The van der Waals surface area contributed by atoms with Gasteiger partial charge in [0, 0.05) is 16.6 Å². The van der Waals surface area contributed by atoms with E-state index in [1.165, 1.54) is 6.33 Å². The number of anilines is 4. The van der Waals surface area contributed by atoms with Crippen molar-refractivity contribution in [3.8, 4) is 0 Å². The molecule has 0 aliphatic rings. The minimum atomic E-state index is 0.376. The van der Waals surface area contributed by atoms with Crippen LogP contribution in [0.3, 0.4) is 0 Å². The molecule has 0 fully saturated rings. The Hall–Kier alpha value is -2.21. The van der Waals surface area contributed by atoms with Crippen molar-refractivity contribution in [3.63, 3.8) is 0 Å². The maximum Gasteiger partial charge on any atom is 0.159 e. The zero-order valence-corrected chi connectivity index (χ0v) is 15.2. The third-order valence-electron chi connectivity index (χ3n) is 3.47. The van der Waals surface area contributed by atoms with Crippen LogP contribution in [0, 0.1) is 0 Å². The fourth-order valence-electron chi connectivity index (χ4n) is 2.18. The first-order valence-electron chi connectivity index (χ1n) is 7.34. The van der Waals surface area contributed by atoms with Crippen LogP contribution in [0.15, 0.2) is 48.8 Å². The number of hydrogen-bond donors (Lipinski definition) is 3. The van der Waals surface area contributed by atoms with E-state index in [9.17, 15) is 0 Å². The third kappa shape index (κ3) is 4.25. The molecule has 8 heteroatoms. The van der Waals surface area contributed by atoms with Crippen LogP contribution in [0.25, 0.3) is 0 Å². The second kappa shape index (κ2) is 7.78. The summed E-state index contributed by atoms with van der Waals surface area (Å²) in [5.41, 5.74) is 8.13. The summed E-state index contributed by atoms with van der Waals surface area (Å²) in [7, 11) is 0. The average molecular weight is 395 g/mol. The van der Waals surface area contributed by atoms with E-state index in [0.717, 1.165) is 5.56 Å². The van der Waals surface area contributed by atoms with Crippen LogP contribution in [0.5, 0.6) is 0 Å².